The average molecular weight is 145 g/mol. The molecule has 0 atom stereocenters. The topological polar surface area (TPSA) is 12.9 Å². The van der Waals surface area contributed by atoms with Crippen LogP contribution in [-0.2, 0) is 0 Å². The lowest BCUT2D eigenvalue weighted by molar-refractivity contribution is 0.983. The first-order chi connectivity index (χ1) is 5.43. The second kappa shape index (κ2) is 4.51. The molecule has 0 aliphatic heterocycles. The van der Waals surface area contributed by atoms with Gasteiger partial charge in [0.05, 0.1) is 0 Å². The number of rotatable bonds is 1. The van der Waals surface area contributed by atoms with Crippen LogP contribution in [0.1, 0.15) is 25.3 Å². The highest BCUT2D eigenvalue weighted by Crippen LogP contribution is 1.92. The number of hydrogen-bond donors (Lipinski definition) is 0. The Kier molecular flexibility index (Phi) is 3.21. The minimum absolute atomic E-state index is 0.975. The number of unbranched alkanes of at least 4 members (excludes halogenated alkanes) is 1. The molecule has 1 heteroatoms. The Morgan fingerprint density at radius 2 is 2.09 bits per heavy atom. The quantitative estimate of drug-likeness (QED) is 0.552. The first-order valence-electron chi connectivity index (χ1n) is 3.82. The molecule has 0 aliphatic rings. The highest BCUT2D eigenvalue weighted by molar-refractivity contribution is 5.31. The summed E-state index contributed by atoms with van der Waals surface area (Å²) in [5, 5.41) is 0. The van der Waals surface area contributed by atoms with Crippen LogP contribution in [0.3, 0.4) is 0 Å². The van der Waals surface area contributed by atoms with E-state index in [4.69, 9.17) is 0 Å². The highest BCUT2D eigenvalue weighted by Gasteiger charge is 1.80. The van der Waals surface area contributed by atoms with E-state index in [0.717, 1.165) is 18.4 Å². The van der Waals surface area contributed by atoms with Crippen molar-refractivity contribution in [3.63, 3.8) is 0 Å². The fourth-order valence-corrected chi connectivity index (χ4v) is 0.725. The van der Waals surface area contributed by atoms with Crippen molar-refractivity contribution in [2.45, 2.75) is 19.8 Å². The fourth-order valence-electron chi connectivity index (χ4n) is 0.725. The van der Waals surface area contributed by atoms with Crippen LogP contribution in [0, 0.1) is 11.8 Å². The third-order valence-corrected chi connectivity index (χ3v) is 1.29. The lowest BCUT2D eigenvalue weighted by Gasteiger charge is -1.84. The van der Waals surface area contributed by atoms with E-state index >= 15 is 0 Å². The largest absolute Gasteiger partial charge is 0.265 e. The van der Waals surface area contributed by atoms with E-state index in [1.54, 1.807) is 12.4 Å². The molecule has 0 aromatic carbocycles. The Bertz CT molecular complexity index is 253. The molecular weight excluding hydrogens is 134 g/mol. The van der Waals surface area contributed by atoms with Gasteiger partial charge in [-0.3, -0.25) is 4.98 Å². The Balaban J connectivity index is 2.59. The molecule has 1 rings (SSSR count). The molecule has 0 radical (unpaired) electrons. The van der Waals surface area contributed by atoms with Gasteiger partial charge in [-0.15, -0.1) is 0 Å². The fraction of sp³-hybridized carbons (Fsp3) is 0.300. The number of pyridine rings is 1. The molecule has 11 heavy (non-hydrogen) atoms. The van der Waals surface area contributed by atoms with Crippen molar-refractivity contribution in [2.75, 3.05) is 0 Å². The second-order valence-corrected chi connectivity index (χ2v) is 2.29. The lowest BCUT2D eigenvalue weighted by atomic mass is 10.2. The maximum Gasteiger partial charge on any atom is 0.0280 e. The maximum atomic E-state index is 3.91. The normalized spacial score (nSPS) is 8.45. The molecule has 1 heterocycles. The lowest BCUT2D eigenvalue weighted by Crippen LogP contribution is -1.73. The Labute approximate surface area is 67.5 Å². The number of nitrogens with zero attached hydrogens (tertiary/aromatic N) is 1. The van der Waals surface area contributed by atoms with Crippen LogP contribution in [0.4, 0.5) is 0 Å². The summed E-state index contributed by atoms with van der Waals surface area (Å²) in [4.78, 5) is 3.91. The summed E-state index contributed by atoms with van der Waals surface area (Å²) >= 11 is 0. The van der Waals surface area contributed by atoms with Gasteiger partial charge in [0.25, 0.3) is 0 Å². The number of hydrogen-bond acceptors (Lipinski definition) is 1. The van der Waals surface area contributed by atoms with Gasteiger partial charge < -0.3 is 0 Å². The third kappa shape index (κ3) is 2.86. The molecule has 0 saturated carbocycles. The minimum atomic E-state index is 0.975. The molecule has 0 aliphatic carbocycles. The van der Waals surface area contributed by atoms with Gasteiger partial charge in [-0.25, -0.2) is 0 Å². The first kappa shape index (κ1) is 7.81. The van der Waals surface area contributed by atoms with Gasteiger partial charge in [0.2, 0.25) is 0 Å². The third-order valence-electron chi connectivity index (χ3n) is 1.29. The van der Waals surface area contributed by atoms with Crippen LogP contribution in [-0.4, -0.2) is 4.98 Å². The minimum Gasteiger partial charge on any atom is -0.265 e. The van der Waals surface area contributed by atoms with Crippen molar-refractivity contribution in [3.8, 4) is 11.8 Å². The van der Waals surface area contributed by atoms with Crippen LogP contribution < -0.4 is 0 Å². The van der Waals surface area contributed by atoms with Crippen molar-refractivity contribution in [3.05, 3.63) is 30.1 Å². The molecular formula is C10H11N. The van der Waals surface area contributed by atoms with Crippen LogP contribution in [0.25, 0.3) is 0 Å². The summed E-state index contributed by atoms with van der Waals surface area (Å²) in [6.45, 7) is 2.13. The Morgan fingerprint density at radius 1 is 1.36 bits per heavy atom. The monoisotopic (exact) mass is 145 g/mol. The van der Waals surface area contributed by atoms with Crippen molar-refractivity contribution in [2.24, 2.45) is 0 Å². The molecule has 1 nitrogen and oxygen atoms in total. The van der Waals surface area contributed by atoms with Crippen molar-refractivity contribution >= 4 is 0 Å². The zero-order valence-electron chi connectivity index (χ0n) is 6.67. The molecule has 0 N–H and O–H groups in total. The number of aromatic nitrogens is 1. The van der Waals surface area contributed by atoms with Gasteiger partial charge >= 0.3 is 0 Å². The van der Waals surface area contributed by atoms with Crippen molar-refractivity contribution in [1.82, 2.24) is 4.98 Å². The smallest absolute Gasteiger partial charge is 0.0280 e. The van der Waals surface area contributed by atoms with Gasteiger partial charge in [-0.1, -0.05) is 18.8 Å². The van der Waals surface area contributed by atoms with E-state index in [-0.39, 0.29) is 0 Å². The predicted molar refractivity (Wildman–Crippen MR) is 46.0 cm³/mol. The van der Waals surface area contributed by atoms with Crippen LogP contribution in [0.15, 0.2) is 24.5 Å². The van der Waals surface area contributed by atoms with Gasteiger partial charge in [0.15, 0.2) is 0 Å². The van der Waals surface area contributed by atoms with E-state index in [1.807, 2.05) is 12.1 Å². The van der Waals surface area contributed by atoms with E-state index in [1.165, 1.54) is 0 Å². The molecule has 56 valence electrons. The maximum absolute atomic E-state index is 3.91. The Hall–Kier alpha value is -1.29. The molecule has 0 spiro atoms. The van der Waals surface area contributed by atoms with Gasteiger partial charge in [0, 0.05) is 24.4 Å². The van der Waals surface area contributed by atoms with E-state index < -0.39 is 0 Å². The zero-order chi connectivity index (χ0) is 7.94. The van der Waals surface area contributed by atoms with E-state index in [0.29, 0.717) is 0 Å². The Morgan fingerprint density at radius 3 is 2.73 bits per heavy atom. The molecule has 0 unspecified atom stereocenters. The molecule has 0 amide bonds. The van der Waals surface area contributed by atoms with Crippen LogP contribution >= 0.6 is 0 Å². The van der Waals surface area contributed by atoms with Crippen molar-refractivity contribution < 1.29 is 0 Å². The van der Waals surface area contributed by atoms with Gasteiger partial charge in [-0.05, 0) is 18.6 Å². The standard InChI is InChI=1S/C10H11N/c1-2-3-4-5-10-6-8-11-9-7-10/h6-9H,2-3H2,1H3. The zero-order valence-corrected chi connectivity index (χ0v) is 6.67. The first-order valence-corrected chi connectivity index (χ1v) is 3.82. The summed E-state index contributed by atoms with van der Waals surface area (Å²) in [5.41, 5.74) is 1.05. The SMILES string of the molecule is CCCC#Cc1ccncc1. The highest BCUT2D eigenvalue weighted by atomic mass is 14.6. The van der Waals surface area contributed by atoms with Gasteiger partial charge in [-0.2, -0.15) is 0 Å². The summed E-state index contributed by atoms with van der Waals surface area (Å²) in [6, 6.07) is 3.84. The molecule has 0 bridgehead atoms. The van der Waals surface area contributed by atoms with Crippen LogP contribution in [0.5, 0.6) is 0 Å². The molecule has 1 aromatic rings. The second-order valence-electron chi connectivity index (χ2n) is 2.29. The summed E-state index contributed by atoms with van der Waals surface area (Å²) in [7, 11) is 0. The summed E-state index contributed by atoms with van der Waals surface area (Å²) in [5.74, 6) is 6.13. The van der Waals surface area contributed by atoms with E-state index in [9.17, 15) is 0 Å². The van der Waals surface area contributed by atoms with Gasteiger partial charge in [0.1, 0.15) is 0 Å². The van der Waals surface area contributed by atoms with E-state index in [2.05, 4.69) is 23.7 Å². The summed E-state index contributed by atoms with van der Waals surface area (Å²) in [6.07, 6.45) is 5.62. The van der Waals surface area contributed by atoms with Crippen molar-refractivity contribution in [1.29, 1.82) is 0 Å². The summed E-state index contributed by atoms with van der Waals surface area (Å²) < 4.78 is 0. The molecule has 1 aromatic heterocycles. The molecule has 0 fully saturated rings. The van der Waals surface area contributed by atoms with Crippen LogP contribution in [0.2, 0.25) is 0 Å². The average Bonchev–Trinajstić information content (AvgIpc) is 2.07. The molecule has 0 saturated heterocycles. The predicted octanol–water partition coefficient (Wildman–Crippen LogP) is 2.23.